The Hall–Kier alpha value is -3.23. The molecule has 0 aliphatic heterocycles. The van der Waals surface area contributed by atoms with Gasteiger partial charge >= 0.3 is 6.18 Å². The number of aromatic nitrogens is 2. The molecule has 158 valence electrons. The Morgan fingerprint density at radius 2 is 1.90 bits per heavy atom. The van der Waals surface area contributed by atoms with E-state index in [9.17, 15) is 22.4 Å². The number of carbonyl (C=O) groups excluding carboxylic acids is 1. The molecule has 2 atom stereocenters. The number of carbonyl (C=O) groups is 1. The predicted molar refractivity (Wildman–Crippen MR) is 101 cm³/mol. The lowest BCUT2D eigenvalue weighted by atomic mass is 9.98. The Balaban J connectivity index is 1.88. The second-order valence-electron chi connectivity index (χ2n) is 6.88. The van der Waals surface area contributed by atoms with Crippen molar-refractivity contribution >= 4 is 5.91 Å². The highest BCUT2D eigenvalue weighted by Gasteiger charge is 2.31. The number of halogens is 4. The summed E-state index contributed by atoms with van der Waals surface area (Å²) in [5.74, 6) is -1.17. The zero-order valence-electron chi connectivity index (χ0n) is 16.2. The highest BCUT2D eigenvalue weighted by Crippen LogP contribution is 2.32. The van der Waals surface area contributed by atoms with Gasteiger partial charge in [0.25, 0.3) is 5.91 Å². The summed E-state index contributed by atoms with van der Waals surface area (Å²) in [6, 6.07) is 9.09. The molecule has 0 unspecified atom stereocenters. The Labute approximate surface area is 170 Å². The molecule has 0 saturated heterocycles. The second-order valence-corrected chi connectivity index (χ2v) is 6.88. The fraction of sp³-hybridized carbons (Fsp3) is 0.286. The molecule has 30 heavy (non-hydrogen) atoms. The molecule has 0 aliphatic carbocycles. The maximum absolute atomic E-state index is 13.4. The van der Waals surface area contributed by atoms with Crippen LogP contribution in [0, 0.1) is 11.7 Å². The Morgan fingerprint density at radius 3 is 2.57 bits per heavy atom. The molecule has 0 fully saturated rings. The zero-order valence-corrected chi connectivity index (χ0v) is 16.2. The fourth-order valence-electron chi connectivity index (χ4n) is 2.85. The van der Waals surface area contributed by atoms with Gasteiger partial charge in [0.2, 0.25) is 11.7 Å². The zero-order chi connectivity index (χ0) is 21.9. The summed E-state index contributed by atoms with van der Waals surface area (Å²) in [4.78, 5) is 16.7. The Kier molecular flexibility index (Phi) is 6.19. The second kappa shape index (κ2) is 8.64. The van der Waals surface area contributed by atoms with Crippen molar-refractivity contribution in [3.8, 4) is 11.4 Å². The lowest BCUT2D eigenvalue weighted by molar-refractivity contribution is -0.137. The first kappa shape index (κ1) is 21.5. The van der Waals surface area contributed by atoms with Gasteiger partial charge in [-0.15, -0.1) is 0 Å². The molecule has 3 rings (SSSR count). The smallest absolute Gasteiger partial charge is 0.340 e. The van der Waals surface area contributed by atoms with Crippen LogP contribution in [-0.4, -0.2) is 16.0 Å². The number of nitrogens with one attached hydrogen (secondary N) is 1. The van der Waals surface area contributed by atoms with Crippen LogP contribution in [0.3, 0.4) is 0 Å². The number of alkyl halides is 3. The van der Waals surface area contributed by atoms with Gasteiger partial charge in [-0.1, -0.05) is 43.6 Å². The molecule has 5 nitrogen and oxygen atoms in total. The normalized spacial score (nSPS) is 13.7. The summed E-state index contributed by atoms with van der Waals surface area (Å²) in [6.07, 6.45) is -3.85. The lowest BCUT2D eigenvalue weighted by Gasteiger charge is -2.20. The Bertz CT molecular complexity index is 1030. The molecule has 2 aromatic carbocycles. The van der Waals surface area contributed by atoms with E-state index in [2.05, 4.69) is 15.5 Å². The third kappa shape index (κ3) is 4.84. The molecule has 1 aromatic heterocycles. The molecular formula is C21H19F4N3O2. The molecule has 1 amide bonds. The summed E-state index contributed by atoms with van der Waals surface area (Å²) >= 11 is 0. The van der Waals surface area contributed by atoms with Crippen LogP contribution in [0.2, 0.25) is 0 Å². The van der Waals surface area contributed by atoms with Crippen LogP contribution in [-0.2, 0) is 6.18 Å². The minimum atomic E-state index is -4.50. The summed E-state index contributed by atoms with van der Waals surface area (Å²) in [6.45, 7) is 3.75. The maximum atomic E-state index is 13.4. The van der Waals surface area contributed by atoms with Crippen LogP contribution < -0.4 is 5.32 Å². The molecule has 3 aromatic rings. The molecule has 0 saturated carbocycles. The van der Waals surface area contributed by atoms with Gasteiger partial charge in [-0.2, -0.15) is 18.2 Å². The minimum Gasteiger partial charge on any atom is -0.340 e. The molecule has 1 heterocycles. The van der Waals surface area contributed by atoms with Crippen LogP contribution in [0.5, 0.6) is 0 Å². The van der Waals surface area contributed by atoms with Crippen molar-refractivity contribution in [1.82, 2.24) is 15.5 Å². The first-order valence-electron chi connectivity index (χ1n) is 9.26. The predicted octanol–water partition coefficient (Wildman–Crippen LogP) is 5.41. The van der Waals surface area contributed by atoms with E-state index in [1.165, 1.54) is 30.3 Å². The van der Waals surface area contributed by atoms with Gasteiger partial charge in [-0.3, -0.25) is 4.79 Å². The third-order valence-corrected chi connectivity index (χ3v) is 4.74. The first-order chi connectivity index (χ1) is 14.2. The average molecular weight is 421 g/mol. The molecule has 0 spiro atoms. The topological polar surface area (TPSA) is 68.0 Å². The van der Waals surface area contributed by atoms with E-state index in [0.717, 1.165) is 18.2 Å². The summed E-state index contributed by atoms with van der Waals surface area (Å²) in [5, 5.41) is 6.52. The minimum absolute atomic E-state index is 0.0237. The van der Waals surface area contributed by atoms with Gasteiger partial charge in [0.15, 0.2) is 0 Å². The molecule has 9 heteroatoms. The van der Waals surface area contributed by atoms with Gasteiger partial charge in [0.1, 0.15) is 11.9 Å². The SMILES string of the molecule is CC[C@H](C)[C@@H](NC(=O)c1cccc(F)c1)c1nc(-c2cccc(C(F)(F)F)c2)no1. The van der Waals surface area contributed by atoms with Gasteiger partial charge in [0.05, 0.1) is 5.56 Å². The van der Waals surface area contributed by atoms with Crippen molar-refractivity contribution in [2.24, 2.45) is 5.92 Å². The van der Waals surface area contributed by atoms with E-state index < -0.39 is 29.5 Å². The van der Waals surface area contributed by atoms with Crippen molar-refractivity contribution < 1.29 is 26.9 Å². The molecule has 1 N–H and O–H groups in total. The maximum Gasteiger partial charge on any atom is 0.416 e. The van der Waals surface area contributed by atoms with Crippen LogP contribution in [0.1, 0.15) is 48.1 Å². The lowest BCUT2D eigenvalue weighted by Crippen LogP contribution is -2.32. The van der Waals surface area contributed by atoms with Crippen molar-refractivity contribution in [2.45, 2.75) is 32.5 Å². The number of amides is 1. The van der Waals surface area contributed by atoms with E-state index in [0.29, 0.717) is 6.42 Å². The fourth-order valence-corrected chi connectivity index (χ4v) is 2.85. The van der Waals surface area contributed by atoms with Gasteiger partial charge in [0, 0.05) is 11.1 Å². The number of rotatable bonds is 6. The largest absolute Gasteiger partial charge is 0.416 e. The standard InChI is InChI=1S/C21H19F4N3O2/c1-3-12(2)17(26-19(29)14-7-5-9-16(22)11-14)20-27-18(28-30-20)13-6-4-8-15(10-13)21(23,24)25/h4-12,17H,3H2,1-2H3,(H,26,29)/t12-,17+/m0/s1. The van der Waals surface area contributed by atoms with E-state index in [1.54, 1.807) is 0 Å². The van der Waals surface area contributed by atoms with Crippen molar-refractivity contribution in [3.63, 3.8) is 0 Å². The summed E-state index contributed by atoms with van der Waals surface area (Å²) < 4.78 is 57.6. The van der Waals surface area contributed by atoms with Gasteiger partial charge < -0.3 is 9.84 Å². The van der Waals surface area contributed by atoms with Crippen LogP contribution in [0.4, 0.5) is 17.6 Å². The summed E-state index contributed by atoms with van der Waals surface area (Å²) in [7, 11) is 0. The molecular weight excluding hydrogens is 402 g/mol. The number of benzene rings is 2. The molecule has 0 radical (unpaired) electrons. The van der Waals surface area contributed by atoms with E-state index >= 15 is 0 Å². The van der Waals surface area contributed by atoms with E-state index in [4.69, 9.17) is 4.52 Å². The molecule has 0 aliphatic rings. The van der Waals surface area contributed by atoms with Crippen LogP contribution in [0.15, 0.2) is 53.1 Å². The van der Waals surface area contributed by atoms with Gasteiger partial charge in [-0.05, 0) is 36.2 Å². The number of nitrogens with zero attached hydrogens (tertiary/aromatic N) is 2. The first-order valence-corrected chi connectivity index (χ1v) is 9.26. The van der Waals surface area contributed by atoms with Crippen molar-refractivity contribution in [3.05, 3.63) is 71.4 Å². The van der Waals surface area contributed by atoms with Crippen molar-refractivity contribution in [1.29, 1.82) is 0 Å². The van der Waals surface area contributed by atoms with Crippen molar-refractivity contribution in [2.75, 3.05) is 0 Å². The molecule has 0 bridgehead atoms. The third-order valence-electron chi connectivity index (χ3n) is 4.74. The average Bonchev–Trinajstić information content (AvgIpc) is 3.20. The summed E-state index contributed by atoms with van der Waals surface area (Å²) in [5.41, 5.74) is -0.565. The van der Waals surface area contributed by atoms with Crippen LogP contribution >= 0.6 is 0 Å². The monoisotopic (exact) mass is 421 g/mol. The van der Waals surface area contributed by atoms with E-state index in [-0.39, 0.29) is 28.8 Å². The van der Waals surface area contributed by atoms with Gasteiger partial charge in [-0.25, -0.2) is 4.39 Å². The number of hydrogen-bond donors (Lipinski definition) is 1. The van der Waals surface area contributed by atoms with Crippen LogP contribution in [0.25, 0.3) is 11.4 Å². The quantitative estimate of drug-likeness (QED) is 0.541. The van der Waals surface area contributed by atoms with E-state index in [1.807, 2.05) is 13.8 Å². The highest BCUT2D eigenvalue weighted by molar-refractivity contribution is 5.94. The Morgan fingerprint density at radius 1 is 1.17 bits per heavy atom. The highest BCUT2D eigenvalue weighted by atomic mass is 19.4. The number of hydrogen-bond acceptors (Lipinski definition) is 4.